The first-order valence-electron chi connectivity index (χ1n) is 6.70. The summed E-state index contributed by atoms with van der Waals surface area (Å²) in [6, 6.07) is 2.17. The molecule has 1 aliphatic rings. The Hall–Kier alpha value is -1.18. The molecule has 2 rings (SSSR count). The highest BCUT2D eigenvalue weighted by Gasteiger charge is 2.33. The first-order chi connectivity index (χ1) is 9.82. The molecule has 1 aromatic rings. The van der Waals surface area contributed by atoms with Crippen LogP contribution in [-0.2, 0) is 10.9 Å². The lowest BCUT2D eigenvalue weighted by Gasteiger charge is -2.32. The number of hydrogen-bond donors (Lipinski definition) is 1. The van der Waals surface area contributed by atoms with Crippen molar-refractivity contribution in [1.29, 1.82) is 0 Å². The molecule has 1 fully saturated rings. The molecule has 1 heterocycles. The van der Waals surface area contributed by atoms with Crippen molar-refractivity contribution in [3.05, 3.63) is 35.1 Å². The Labute approximate surface area is 120 Å². The molecule has 0 spiro atoms. The van der Waals surface area contributed by atoms with Gasteiger partial charge in [-0.1, -0.05) is 0 Å². The van der Waals surface area contributed by atoms with E-state index >= 15 is 0 Å². The van der Waals surface area contributed by atoms with Gasteiger partial charge in [0.15, 0.2) is 0 Å². The maximum Gasteiger partial charge on any atom is 0.416 e. The first-order valence-corrected chi connectivity index (χ1v) is 6.70. The summed E-state index contributed by atoms with van der Waals surface area (Å²) in [6.07, 6.45) is -3.79. The highest BCUT2D eigenvalue weighted by Crippen LogP contribution is 2.33. The summed E-state index contributed by atoms with van der Waals surface area (Å²) in [4.78, 5) is 1.86. The van der Waals surface area contributed by atoms with Crippen LogP contribution >= 0.6 is 0 Å². The summed E-state index contributed by atoms with van der Waals surface area (Å²) < 4.78 is 57.1. The molecule has 0 bridgehead atoms. The minimum atomic E-state index is -4.58. The van der Waals surface area contributed by atoms with Crippen molar-refractivity contribution in [3.8, 4) is 0 Å². The van der Waals surface area contributed by atoms with Gasteiger partial charge in [-0.2, -0.15) is 13.2 Å². The number of hydrogen-bond acceptors (Lipinski definition) is 3. The average molecular weight is 306 g/mol. The number of nitrogens with zero attached hydrogens (tertiary/aromatic N) is 1. The van der Waals surface area contributed by atoms with Crippen LogP contribution in [0.3, 0.4) is 0 Å². The largest absolute Gasteiger partial charge is 0.416 e. The lowest BCUT2D eigenvalue weighted by atomic mass is 10.0. The number of alkyl halides is 3. The number of halogens is 4. The molecule has 0 saturated carbocycles. The van der Waals surface area contributed by atoms with E-state index in [0.717, 1.165) is 18.6 Å². The van der Waals surface area contributed by atoms with E-state index in [0.29, 0.717) is 19.3 Å². The third kappa shape index (κ3) is 3.72. The van der Waals surface area contributed by atoms with Gasteiger partial charge in [0, 0.05) is 25.2 Å². The zero-order valence-electron chi connectivity index (χ0n) is 11.7. The average Bonchev–Trinajstić information content (AvgIpc) is 2.91. The fourth-order valence-electron chi connectivity index (χ4n) is 2.60. The van der Waals surface area contributed by atoms with Crippen LogP contribution in [0.25, 0.3) is 0 Å². The van der Waals surface area contributed by atoms with E-state index in [1.807, 2.05) is 4.90 Å². The minimum absolute atomic E-state index is 0.0798. The maximum atomic E-state index is 13.5. The monoisotopic (exact) mass is 306 g/mol. The minimum Gasteiger partial charge on any atom is -0.380 e. The van der Waals surface area contributed by atoms with Crippen LogP contribution in [-0.4, -0.2) is 37.7 Å². The molecule has 3 nitrogen and oxygen atoms in total. The number of benzene rings is 1. The second-order valence-electron chi connectivity index (χ2n) is 5.21. The number of rotatable bonds is 4. The third-order valence-corrected chi connectivity index (χ3v) is 3.83. The van der Waals surface area contributed by atoms with Gasteiger partial charge in [0.25, 0.3) is 0 Å². The van der Waals surface area contributed by atoms with Gasteiger partial charge in [0.2, 0.25) is 0 Å². The molecule has 1 aliphatic heterocycles. The molecule has 118 valence electrons. The van der Waals surface area contributed by atoms with Gasteiger partial charge in [-0.05, 0) is 37.2 Å². The van der Waals surface area contributed by atoms with Gasteiger partial charge in [0.1, 0.15) is 5.82 Å². The standard InChI is InChI=1S/C14H18F4N2O/c1-20(12-2-3-21-8-12)13(7-19)9-4-10(14(16,17)18)6-11(15)5-9/h4-6,12-13H,2-3,7-8,19H2,1H3. The van der Waals surface area contributed by atoms with Gasteiger partial charge in [0.05, 0.1) is 12.2 Å². The molecular weight excluding hydrogens is 288 g/mol. The van der Waals surface area contributed by atoms with E-state index in [-0.39, 0.29) is 18.2 Å². The van der Waals surface area contributed by atoms with E-state index in [4.69, 9.17) is 10.5 Å². The molecule has 1 saturated heterocycles. The van der Waals surface area contributed by atoms with Crippen molar-refractivity contribution in [2.75, 3.05) is 26.8 Å². The van der Waals surface area contributed by atoms with Crippen LogP contribution in [0, 0.1) is 5.82 Å². The molecule has 1 aromatic carbocycles. The van der Waals surface area contributed by atoms with E-state index in [9.17, 15) is 17.6 Å². The number of ether oxygens (including phenoxy) is 1. The zero-order valence-corrected chi connectivity index (χ0v) is 11.7. The SMILES string of the molecule is CN(C1CCOC1)C(CN)c1cc(F)cc(C(F)(F)F)c1. The van der Waals surface area contributed by atoms with Crippen molar-refractivity contribution in [3.63, 3.8) is 0 Å². The van der Waals surface area contributed by atoms with Crippen molar-refractivity contribution in [2.24, 2.45) is 5.73 Å². The molecular formula is C14H18F4N2O. The number of likely N-dealkylation sites (N-methyl/N-ethyl adjacent to an activating group) is 1. The summed E-state index contributed by atoms with van der Waals surface area (Å²) in [7, 11) is 1.77. The Balaban J connectivity index is 2.31. The van der Waals surface area contributed by atoms with Crippen LogP contribution < -0.4 is 5.73 Å². The summed E-state index contributed by atoms with van der Waals surface area (Å²) in [5.41, 5.74) is 4.94. The second-order valence-corrected chi connectivity index (χ2v) is 5.21. The van der Waals surface area contributed by atoms with Crippen LogP contribution in [0.5, 0.6) is 0 Å². The Morgan fingerprint density at radius 3 is 2.62 bits per heavy atom. The Bertz CT molecular complexity index is 486. The van der Waals surface area contributed by atoms with Gasteiger partial charge in [-0.15, -0.1) is 0 Å². The fourth-order valence-corrected chi connectivity index (χ4v) is 2.60. The van der Waals surface area contributed by atoms with Crippen LogP contribution in [0.4, 0.5) is 17.6 Å². The van der Waals surface area contributed by atoms with E-state index in [1.165, 1.54) is 0 Å². The highest BCUT2D eigenvalue weighted by molar-refractivity contribution is 5.29. The molecule has 21 heavy (non-hydrogen) atoms. The topological polar surface area (TPSA) is 38.5 Å². The van der Waals surface area contributed by atoms with E-state index in [2.05, 4.69) is 0 Å². The summed E-state index contributed by atoms with van der Waals surface area (Å²) in [6.45, 7) is 1.23. The summed E-state index contributed by atoms with van der Waals surface area (Å²) >= 11 is 0. The van der Waals surface area contributed by atoms with Crippen LogP contribution in [0.15, 0.2) is 18.2 Å². The van der Waals surface area contributed by atoms with Crippen LogP contribution in [0.2, 0.25) is 0 Å². The lowest BCUT2D eigenvalue weighted by Crippen LogP contribution is -2.39. The predicted octanol–water partition coefficient (Wildman–Crippen LogP) is 2.57. The molecule has 0 aliphatic carbocycles. The van der Waals surface area contributed by atoms with Crippen molar-refractivity contribution >= 4 is 0 Å². The molecule has 0 aromatic heterocycles. The molecule has 2 unspecified atom stereocenters. The maximum absolute atomic E-state index is 13.5. The highest BCUT2D eigenvalue weighted by atomic mass is 19.4. The predicted molar refractivity (Wildman–Crippen MR) is 70.2 cm³/mol. The van der Waals surface area contributed by atoms with Crippen molar-refractivity contribution in [2.45, 2.75) is 24.7 Å². The van der Waals surface area contributed by atoms with Gasteiger partial charge in [-0.25, -0.2) is 4.39 Å². The van der Waals surface area contributed by atoms with Crippen molar-refractivity contribution in [1.82, 2.24) is 4.90 Å². The summed E-state index contributed by atoms with van der Waals surface area (Å²) in [5, 5.41) is 0. The quantitative estimate of drug-likeness (QED) is 0.869. The van der Waals surface area contributed by atoms with Crippen molar-refractivity contribution < 1.29 is 22.3 Å². The third-order valence-electron chi connectivity index (χ3n) is 3.83. The van der Waals surface area contributed by atoms with Gasteiger partial charge < -0.3 is 10.5 Å². The van der Waals surface area contributed by atoms with Gasteiger partial charge in [-0.3, -0.25) is 4.90 Å². The normalized spacial score (nSPS) is 21.0. The Morgan fingerprint density at radius 1 is 1.38 bits per heavy atom. The molecule has 0 radical (unpaired) electrons. The zero-order chi connectivity index (χ0) is 15.6. The molecule has 2 N–H and O–H groups in total. The summed E-state index contributed by atoms with van der Waals surface area (Å²) in [5.74, 6) is -0.908. The lowest BCUT2D eigenvalue weighted by molar-refractivity contribution is -0.137. The van der Waals surface area contributed by atoms with Crippen LogP contribution in [0.1, 0.15) is 23.6 Å². The fraction of sp³-hybridized carbons (Fsp3) is 0.571. The first kappa shape index (κ1) is 16.2. The van der Waals surface area contributed by atoms with E-state index < -0.39 is 23.6 Å². The molecule has 2 atom stereocenters. The molecule has 7 heteroatoms. The van der Waals surface area contributed by atoms with Gasteiger partial charge >= 0.3 is 6.18 Å². The Morgan fingerprint density at radius 2 is 2.10 bits per heavy atom. The molecule has 0 amide bonds. The Kier molecular flexibility index (Phi) is 4.85. The smallest absolute Gasteiger partial charge is 0.380 e. The second kappa shape index (κ2) is 6.29. The van der Waals surface area contributed by atoms with E-state index in [1.54, 1.807) is 7.05 Å². The number of nitrogens with two attached hydrogens (primary N) is 1.